The first-order valence-electron chi connectivity index (χ1n) is 6.63. The predicted octanol–water partition coefficient (Wildman–Crippen LogP) is 2.30. The zero-order valence-corrected chi connectivity index (χ0v) is 12.8. The van der Waals surface area contributed by atoms with Gasteiger partial charge in [-0.05, 0) is 37.6 Å². The van der Waals surface area contributed by atoms with Gasteiger partial charge in [0.25, 0.3) is 0 Å². The van der Waals surface area contributed by atoms with Crippen LogP contribution in [0.4, 0.5) is 5.69 Å². The Balaban J connectivity index is 2.24. The number of methoxy groups -OCH3 is 1. The number of ether oxygens (including phenoxy) is 1. The molecule has 0 saturated heterocycles. The Morgan fingerprint density at radius 2 is 2.25 bits per heavy atom. The largest absolute Gasteiger partial charge is 0.465 e. The van der Waals surface area contributed by atoms with Crippen LogP contribution in [0.15, 0.2) is 5.38 Å². The standard InChI is InChI=1S/C14H20N2O3S/c1-8-7-20-11(12(17)19-3)10(8)16-13(18)14(2)6-4-5-9(14)15/h7,9H,4-6,15H2,1-3H3,(H,16,18). The van der Waals surface area contributed by atoms with Gasteiger partial charge in [0.05, 0.1) is 18.2 Å². The lowest BCUT2D eigenvalue weighted by Crippen LogP contribution is -2.44. The Morgan fingerprint density at radius 3 is 2.80 bits per heavy atom. The van der Waals surface area contributed by atoms with E-state index in [1.807, 2.05) is 19.2 Å². The highest BCUT2D eigenvalue weighted by Crippen LogP contribution is 2.39. The summed E-state index contributed by atoms with van der Waals surface area (Å²) in [5.41, 5.74) is 6.90. The monoisotopic (exact) mass is 296 g/mol. The van der Waals surface area contributed by atoms with Crippen molar-refractivity contribution in [3.63, 3.8) is 0 Å². The van der Waals surface area contributed by atoms with Gasteiger partial charge in [-0.1, -0.05) is 6.42 Å². The summed E-state index contributed by atoms with van der Waals surface area (Å²) in [6.07, 6.45) is 2.59. The molecular formula is C14H20N2O3S. The topological polar surface area (TPSA) is 81.4 Å². The molecule has 1 heterocycles. The molecule has 1 saturated carbocycles. The molecule has 6 heteroatoms. The van der Waals surface area contributed by atoms with Crippen LogP contribution in [0.5, 0.6) is 0 Å². The maximum atomic E-state index is 12.5. The zero-order valence-electron chi connectivity index (χ0n) is 12.0. The van der Waals surface area contributed by atoms with Crippen molar-refractivity contribution in [2.24, 2.45) is 11.1 Å². The molecule has 20 heavy (non-hydrogen) atoms. The van der Waals surface area contributed by atoms with Crippen LogP contribution in [-0.2, 0) is 9.53 Å². The molecule has 2 rings (SSSR count). The van der Waals surface area contributed by atoms with E-state index in [2.05, 4.69) is 5.32 Å². The van der Waals surface area contributed by atoms with Crippen LogP contribution < -0.4 is 11.1 Å². The third kappa shape index (κ3) is 2.45. The van der Waals surface area contributed by atoms with Crippen LogP contribution in [0.3, 0.4) is 0 Å². The summed E-state index contributed by atoms with van der Waals surface area (Å²) < 4.78 is 4.74. The van der Waals surface area contributed by atoms with E-state index >= 15 is 0 Å². The fourth-order valence-electron chi connectivity index (χ4n) is 2.57. The molecule has 1 fully saturated rings. The van der Waals surface area contributed by atoms with Gasteiger partial charge < -0.3 is 15.8 Å². The Labute approximate surface area is 122 Å². The van der Waals surface area contributed by atoms with Crippen molar-refractivity contribution in [2.45, 2.75) is 39.2 Å². The second-order valence-electron chi connectivity index (χ2n) is 5.48. The third-order valence-electron chi connectivity index (χ3n) is 4.13. The summed E-state index contributed by atoms with van der Waals surface area (Å²) in [4.78, 5) is 24.7. The van der Waals surface area contributed by atoms with Gasteiger partial charge in [-0.3, -0.25) is 4.79 Å². The lowest BCUT2D eigenvalue weighted by atomic mass is 9.84. The molecule has 2 unspecified atom stereocenters. The number of anilines is 1. The molecular weight excluding hydrogens is 276 g/mol. The Bertz CT molecular complexity index is 541. The smallest absolute Gasteiger partial charge is 0.350 e. The summed E-state index contributed by atoms with van der Waals surface area (Å²) in [5.74, 6) is -0.548. The number of carbonyl (C=O) groups excluding carboxylic acids is 2. The lowest BCUT2D eigenvalue weighted by Gasteiger charge is -2.27. The molecule has 0 radical (unpaired) electrons. The van der Waals surface area contributed by atoms with E-state index < -0.39 is 11.4 Å². The molecule has 1 aromatic rings. The molecule has 1 amide bonds. The van der Waals surface area contributed by atoms with Gasteiger partial charge in [0, 0.05) is 6.04 Å². The third-order valence-corrected chi connectivity index (χ3v) is 5.21. The molecule has 1 aliphatic rings. The highest BCUT2D eigenvalue weighted by Gasteiger charge is 2.43. The Morgan fingerprint density at radius 1 is 1.55 bits per heavy atom. The van der Waals surface area contributed by atoms with Gasteiger partial charge in [0.15, 0.2) is 0 Å². The van der Waals surface area contributed by atoms with Gasteiger partial charge >= 0.3 is 5.97 Å². The first kappa shape index (κ1) is 15.0. The van der Waals surface area contributed by atoms with Crippen molar-refractivity contribution in [3.8, 4) is 0 Å². The molecule has 0 aliphatic heterocycles. The number of amides is 1. The van der Waals surface area contributed by atoms with E-state index in [4.69, 9.17) is 10.5 Å². The van der Waals surface area contributed by atoms with E-state index in [1.54, 1.807) is 0 Å². The molecule has 5 nitrogen and oxygen atoms in total. The summed E-state index contributed by atoms with van der Waals surface area (Å²) in [6, 6.07) is -0.136. The van der Waals surface area contributed by atoms with Crippen molar-refractivity contribution in [3.05, 3.63) is 15.8 Å². The highest BCUT2D eigenvalue weighted by molar-refractivity contribution is 7.12. The number of carbonyl (C=O) groups is 2. The SMILES string of the molecule is COC(=O)c1scc(C)c1NC(=O)C1(C)CCCC1N. The van der Waals surface area contributed by atoms with Crippen molar-refractivity contribution in [1.29, 1.82) is 0 Å². The molecule has 1 aromatic heterocycles. The van der Waals surface area contributed by atoms with E-state index in [1.165, 1.54) is 18.4 Å². The average Bonchev–Trinajstić information content (AvgIpc) is 2.95. The van der Waals surface area contributed by atoms with Crippen molar-refractivity contribution in [1.82, 2.24) is 0 Å². The van der Waals surface area contributed by atoms with Gasteiger partial charge in [0.1, 0.15) is 4.88 Å². The first-order chi connectivity index (χ1) is 9.40. The number of hydrogen-bond acceptors (Lipinski definition) is 5. The maximum absolute atomic E-state index is 12.5. The van der Waals surface area contributed by atoms with Crippen LogP contribution in [0.1, 0.15) is 41.4 Å². The molecule has 110 valence electrons. The van der Waals surface area contributed by atoms with Gasteiger partial charge in [-0.15, -0.1) is 11.3 Å². The number of thiophene rings is 1. The summed E-state index contributed by atoms with van der Waals surface area (Å²) in [5, 5.41) is 4.71. The van der Waals surface area contributed by atoms with E-state index in [-0.39, 0.29) is 11.9 Å². The molecule has 1 aliphatic carbocycles. The van der Waals surface area contributed by atoms with Crippen molar-refractivity contribution in [2.75, 3.05) is 12.4 Å². The van der Waals surface area contributed by atoms with Gasteiger partial charge in [0.2, 0.25) is 5.91 Å². The minimum Gasteiger partial charge on any atom is -0.465 e. The number of hydrogen-bond donors (Lipinski definition) is 2. The van der Waals surface area contributed by atoms with Crippen molar-refractivity contribution >= 4 is 28.9 Å². The number of aryl methyl sites for hydroxylation is 1. The Hall–Kier alpha value is -1.40. The van der Waals surface area contributed by atoms with Crippen LogP contribution in [0.25, 0.3) is 0 Å². The maximum Gasteiger partial charge on any atom is 0.350 e. The number of rotatable bonds is 3. The summed E-state index contributed by atoms with van der Waals surface area (Å²) in [7, 11) is 1.33. The average molecular weight is 296 g/mol. The number of esters is 1. The Kier molecular flexibility index (Phi) is 4.15. The first-order valence-corrected chi connectivity index (χ1v) is 7.51. The van der Waals surface area contributed by atoms with Crippen LogP contribution in [0.2, 0.25) is 0 Å². The fourth-order valence-corrected chi connectivity index (χ4v) is 3.50. The number of nitrogens with one attached hydrogen (secondary N) is 1. The summed E-state index contributed by atoms with van der Waals surface area (Å²) >= 11 is 1.27. The second-order valence-corrected chi connectivity index (χ2v) is 6.36. The van der Waals surface area contributed by atoms with Gasteiger partial charge in [-0.25, -0.2) is 4.79 Å². The quantitative estimate of drug-likeness (QED) is 0.839. The molecule has 3 N–H and O–H groups in total. The minimum atomic E-state index is -0.568. The zero-order chi connectivity index (χ0) is 14.9. The molecule has 0 spiro atoms. The minimum absolute atomic E-state index is 0.117. The molecule has 2 atom stereocenters. The van der Waals surface area contributed by atoms with E-state index in [0.717, 1.165) is 24.8 Å². The molecule has 0 aromatic carbocycles. The molecule has 0 bridgehead atoms. The van der Waals surface area contributed by atoms with Crippen LogP contribution >= 0.6 is 11.3 Å². The van der Waals surface area contributed by atoms with Crippen LogP contribution in [-0.4, -0.2) is 25.0 Å². The summed E-state index contributed by atoms with van der Waals surface area (Å²) in [6.45, 7) is 3.75. The number of nitrogens with two attached hydrogens (primary N) is 1. The van der Waals surface area contributed by atoms with Crippen molar-refractivity contribution < 1.29 is 14.3 Å². The van der Waals surface area contributed by atoms with Gasteiger partial charge in [-0.2, -0.15) is 0 Å². The predicted molar refractivity (Wildman–Crippen MR) is 79.0 cm³/mol. The van der Waals surface area contributed by atoms with Crippen LogP contribution in [0, 0.1) is 12.3 Å². The lowest BCUT2D eigenvalue weighted by molar-refractivity contribution is -0.125. The second kappa shape index (κ2) is 5.54. The normalized spacial score (nSPS) is 25.5. The van der Waals surface area contributed by atoms with E-state index in [0.29, 0.717) is 10.6 Å². The fraction of sp³-hybridized carbons (Fsp3) is 0.571. The van der Waals surface area contributed by atoms with E-state index in [9.17, 15) is 9.59 Å². The highest BCUT2D eigenvalue weighted by atomic mass is 32.1.